The van der Waals surface area contributed by atoms with Gasteiger partial charge < -0.3 is 15.2 Å². The zero-order valence-corrected chi connectivity index (χ0v) is 11.3. The Bertz CT molecular complexity index is 612. The first-order chi connectivity index (χ1) is 9.58. The van der Waals surface area contributed by atoms with Crippen LogP contribution in [0.2, 0.25) is 0 Å². The van der Waals surface area contributed by atoms with Crippen LogP contribution in [0.25, 0.3) is 0 Å². The van der Waals surface area contributed by atoms with Crippen molar-refractivity contribution < 1.29 is 14.6 Å². The summed E-state index contributed by atoms with van der Waals surface area (Å²) in [6, 6.07) is 8.73. The van der Waals surface area contributed by atoms with Gasteiger partial charge in [-0.05, 0) is 38.1 Å². The molecule has 0 aliphatic rings. The standard InChI is InChI=1S/C14H15N3O3/c1-3-20-11-6-4-10(5-7-11)17-13-8-12(14(18)19)15-9(2)16-13/h4-8H,3H2,1-2H3,(H,18,19)(H,15,16,17). The number of carbonyl (C=O) groups is 1. The van der Waals surface area contributed by atoms with Crippen molar-refractivity contribution in [3.05, 3.63) is 41.9 Å². The number of hydrogen-bond donors (Lipinski definition) is 2. The van der Waals surface area contributed by atoms with Crippen molar-refractivity contribution in [2.75, 3.05) is 11.9 Å². The van der Waals surface area contributed by atoms with Gasteiger partial charge in [0.25, 0.3) is 0 Å². The quantitative estimate of drug-likeness (QED) is 0.871. The number of hydrogen-bond acceptors (Lipinski definition) is 5. The molecule has 104 valence electrons. The Morgan fingerprint density at radius 3 is 2.60 bits per heavy atom. The number of aromatic carboxylic acids is 1. The first-order valence-corrected chi connectivity index (χ1v) is 6.17. The highest BCUT2D eigenvalue weighted by Crippen LogP contribution is 2.19. The minimum atomic E-state index is -1.08. The first-order valence-electron chi connectivity index (χ1n) is 6.17. The molecule has 1 heterocycles. The Balaban J connectivity index is 2.19. The average Bonchev–Trinajstić information content (AvgIpc) is 2.40. The fourth-order valence-electron chi connectivity index (χ4n) is 1.69. The highest BCUT2D eigenvalue weighted by atomic mass is 16.5. The highest BCUT2D eigenvalue weighted by molar-refractivity contribution is 5.86. The van der Waals surface area contributed by atoms with Crippen LogP contribution in [0, 0.1) is 6.92 Å². The highest BCUT2D eigenvalue weighted by Gasteiger charge is 2.08. The van der Waals surface area contributed by atoms with Crippen LogP contribution in [-0.4, -0.2) is 27.7 Å². The summed E-state index contributed by atoms with van der Waals surface area (Å²) in [5.74, 6) is 0.547. The van der Waals surface area contributed by atoms with Crippen molar-refractivity contribution >= 4 is 17.5 Å². The SMILES string of the molecule is CCOc1ccc(Nc2cc(C(=O)O)nc(C)n2)cc1. The van der Waals surface area contributed by atoms with Gasteiger partial charge in [-0.15, -0.1) is 0 Å². The normalized spacial score (nSPS) is 10.1. The summed E-state index contributed by atoms with van der Waals surface area (Å²) < 4.78 is 5.35. The Labute approximate surface area is 116 Å². The largest absolute Gasteiger partial charge is 0.494 e. The zero-order chi connectivity index (χ0) is 14.5. The van der Waals surface area contributed by atoms with E-state index in [0.717, 1.165) is 11.4 Å². The molecule has 1 aromatic carbocycles. The smallest absolute Gasteiger partial charge is 0.354 e. The third-order valence-electron chi connectivity index (χ3n) is 2.49. The molecule has 1 aromatic heterocycles. The third kappa shape index (κ3) is 3.44. The lowest BCUT2D eigenvalue weighted by molar-refractivity contribution is 0.0690. The average molecular weight is 273 g/mol. The molecule has 0 aliphatic carbocycles. The molecule has 0 aliphatic heterocycles. The second kappa shape index (κ2) is 6.01. The van der Waals surface area contributed by atoms with Crippen LogP contribution in [0.5, 0.6) is 5.75 Å². The van der Waals surface area contributed by atoms with Crippen LogP contribution >= 0.6 is 0 Å². The Hall–Kier alpha value is -2.63. The third-order valence-corrected chi connectivity index (χ3v) is 2.49. The van der Waals surface area contributed by atoms with Crippen molar-refractivity contribution in [3.8, 4) is 5.75 Å². The number of aromatic nitrogens is 2. The van der Waals surface area contributed by atoms with Crippen LogP contribution in [0.3, 0.4) is 0 Å². The van der Waals surface area contributed by atoms with E-state index in [1.807, 2.05) is 31.2 Å². The summed E-state index contributed by atoms with van der Waals surface area (Å²) in [5, 5.41) is 12.0. The van der Waals surface area contributed by atoms with Gasteiger partial charge in [-0.1, -0.05) is 0 Å². The maximum absolute atomic E-state index is 10.9. The molecular formula is C14H15N3O3. The van der Waals surface area contributed by atoms with Gasteiger partial charge in [0.05, 0.1) is 6.61 Å². The van der Waals surface area contributed by atoms with Crippen LogP contribution in [-0.2, 0) is 0 Å². The number of carboxylic acid groups (broad SMARTS) is 1. The minimum Gasteiger partial charge on any atom is -0.494 e. The van der Waals surface area contributed by atoms with Crippen molar-refractivity contribution in [3.63, 3.8) is 0 Å². The molecule has 0 amide bonds. The van der Waals surface area contributed by atoms with Gasteiger partial charge >= 0.3 is 5.97 Å². The number of ether oxygens (including phenoxy) is 1. The van der Waals surface area contributed by atoms with E-state index in [9.17, 15) is 4.79 Å². The lowest BCUT2D eigenvalue weighted by atomic mass is 10.3. The molecule has 0 atom stereocenters. The predicted molar refractivity (Wildman–Crippen MR) is 74.6 cm³/mol. The predicted octanol–water partition coefficient (Wildman–Crippen LogP) is 2.63. The van der Waals surface area contributed by atoms with E-state index in [4.69, 9.17) is 9.84 Å². The van der Waals surface area contributed by atoms with Crippen LogP contribution < -0.4 is 10.1 Å². The van der Waals surface area contributed by atoms with E-state index in [2.05, 4.69) is 15.3 Å². The molecule has 0 radical (unpaired) electrons. The molecular weight excluding hydrogens is 258 g/mol. The number of nitrogens with one attached hydrogen (secondary N) is 1. The van der Waals surface area contributed by atoms with Crippen molar-refractivity contribution in [1.82, 2.24) is 9.97 Å². The fraction of sp³-hybridized carbons (Fsp3) is 0.214. The van der Waals surface area contributed by atoms with Crippen molar-refractivity contribution in [1.29, 1.82) is 0 Å². The van der Waals surface area contributed by atoms with Gasteiger partial charge in [-0.3, -0.25) is 0 Å². The van der Waals surface area contributed by atoms with Gasteiger partial charge in [0.2, 0.25) is 0 Å². The van der Waals surface area contributed by atoms with E-state index >= 15 is 0 Å². The van der Waals surface area contributed by atoms with Gasteiger partial charge in [0.15, 0.2) is 5.69 Å². The van der Waals surface area contributed by atoms with Crippen LogP contribution in [0.4, 0.5) is 11.5 Å². The minimum absolute atomic E-state index is 0.0362. The maximum atomic E-state index is 10.9. The van der Waals surface area contributed by atoms with Gasteiger partial charge in [-0.2, -0.15) is 0 Å². The molecule has 2 rings (SSSR count). The lowest BCUT2D eigenvalue weighted by Crippen LogP contribution is -2.05. The van der Waals surface area contributed by atoms with Gasteiger partial charge in [-0.25, -0.2) is 14.8 Å². The summed E-state index contributed by atoms with van der Waals surface area (Å²) in [4.78, 5) is 18.9. The molecule has 6 heteroatoms. The maximum Gasteiger partial charge on any atom is 0.354 e. The molecule has 2 N–H and O–H groups in total. The van der Waals surface area contributed by atoms with Gasteiger partial charge in [0.1, 0.15) is 17.4 Å². The van der Waals surface area contributed by atoms with Gasteiger partial charge in [0, 0.05) is 11.8 Å². The van der Waals surface area contributed by atoms with Crippen LogP contribution in [0.15, 0.2) is 30.3 Å². The summed E-state index contributed by atoms with van der Waals surface area (Å²) in [7, 11) is 0. The molecule has 20 heavy (non-hydrogen) atoms. The summed E-state index contributed by atoms with van der Waals surface area (Å²) in [5.41, 5.74) is 0.758. The molecule has 0 saturated heterocycles. The van der Waals surface area contributed by atoms with E-state index in [0.29, 0.717) is 18.2 Å². The topological polar surface area (TPSA) is 84.3 Å². The molecule has 2 aromatic rings. The fourth-order valence-corrected chi connectivity index (χ4v) is 1.69. The Morgan fingerprint density at radius 1 is 1.30 bits per heavy atom. The molecule has 0 saturated carbocycles. The van der Waals surface area contributed by atoms with E-state index in [1.165, 1.54) is 6.07 Å². The number of carboxylic acids is 1. The zero-order valence-electron chi connectivity index (χ0n) is 11.3. The van der Waals surface area contributed by atoms with Crippen molar-refractivity contribution in [2.24, 2.45) is 0 Å². The number of rotatable bonds is 5. The number of benzene rings is 1. The molecule has 0 fully saturated rings. The number of aryl methyl sites for hydroxylation is 1. The van der Waals surface area contributed by atoms with E-state index in [-0.39, 0.29) is 5.69 Å². The monoisotopic (exact) mass is 273 g/mol. The first kappa shape index (κ1) is 13.8. The summed E-state index contributed by atoms with van der Waals surface area (Å²) >= 11 is 0. The van der Waals surface area contributed by atoms with E-state index in [1.54, 1.807) is 6.92 Å². The molecule has 0 unspecified atom stereocenters. The molecule has 0 bridgehead atoms. The second-order valence-corrected chi connectivity index (χ2v) is 4.07. The molecule has 6 nitrogen and oxygen atoms in total. The number of nitrogens with zero attached hydrogens (tertiary/aromatic N) is 2. The number of anilines is 2. The van der Waals surface area contributed by atoms with E-state index < -0.39 is 5.97 Å². The summed E-state index contributed by atoms with van der Waals surface area (Å²) in [6.45, 7) is 4.18. The lowest BCUT2D eigenvalue weighted by Gasteiger charge is -2.08. The van der Waals surface area contributed by atoms with Crippen molar-refractivity contribution in [2.45, 2.75) is 13.8 Å². The van der Waals surface area contributed by atoms with Crippen LogP contribution in [0.1, 0.15) is 23.2 Å². The summed E-state index contributed by atoms with van der Waals surface area (Å²) in [6.07, 6.45) is 0. The Morgan fingerprint density at radius 2 is 2.00 bits per heavy atom. The second-order valence-electron chi connectivity index (χ2n) is 4.07. The molecule has 0 spiro atoms. The Kier molecular flexibility index (Phi) is 4.14.